The van der Waals surface area contributed by atoms with Crippen LogP contribution in [0.2, 0.25) is 0 Å². The lowest BCUT2D eigenvalue weighted by Gasteiger charge is -2.44. The Morgan fingerprint density at radius 2 is 1.88 bits per heavy atom. The second-order valence-electron chi connectivity index (χ2n) is 10.3. The maximum Gasteiger partial charge on any atom is 0.416 e. The molecule has 0 saturated carbocycles. The van der Waals surface area contributed by atoms with Gasteiger partial charge in [0.2, 0.25) is 0 Å². The van der Waals surface area contributed by atoms with Gasteiger partial charge in [0, 0.05) is 32.0 Å². The van der Waals surface area contributed by atoms with E-state index in [-0.39, 0.29) is 31.0 Å². The number of nitrogens with zero attached hydrogens (tertiary/aromatic N) is 6. The van der Waals surface area contributed by atoms with Crippen molar-refractivity contribution >= 4 is 21.9 Å². The van der Waals surface area contributed by atoms with Crippen LogP contribution in [0.25, 0.3) is 11.8 Å². The number of sulfonamides is 1. The number of aryl methyl sites for hydroxylation is 1. The Hall–Kier alpha value is -4.17. The number of halogens is 4. The molecule has 2 aliphatic rings. The van der Waals surface area contributed by atoms with E-state index in [1.54, 1.807) is 27.5 Å². The van der Waals surface area contributed by atoms with E-state index in [0.717, 1.165) is 16.6 Å². The Labute approximate surface area is 238 Å². The first-order valence-electron chi connectivity index (χ1n) is 13.1. The van der Waals surface area contributed by atoms with Gasteiger partial charge in [-0.2, -0.15) is 22.6 Å². The van der Waals surface area contributed by atoms with E-state index in [1.165, 1.54) is 30.9 Å². The molecule has 1 atom stereocenters. The maximum absolute atomic E-state index is 14.2. The van der Waals surface area contributed by atoms with Gasteiger partial charge >= 0.3 is 6.18 Å². The minimum atomic E-state index is -4.70. The quantitative estimate of drug-likeness (QED) is 0.238. The van der Waals surface area contributed by atoms with Gasteiger partial charge < -0.3 is 4.57 Å². The number of carbonyl (C=O) groups is 1. The average molecular weight is 601 g/mol. The highest BCUT2D eigenvalue weighted by Gasteiger charge is 2.52. The van der Waals surface area contributed by atoms with Crippen molar-refractivity contribution in [3.63, 3.8) is 0 Å². The normalized spacial score (nSPS) is 19.2. The summed E-state index contributed by atoms with van der Waals surface area (Å²) in [4.78, 5) is 22.2. The summed E-state index contributed by atoms with van der Waals surface area (Å²) in [6.45, 7) is 2.04. The molecule has 1 fully saturated rings. The molecule has 0 unspecified atom stereocenters. The lowest BCUT2D eigenvalue weighted by atomic mass is 9.65. The van der Waals surface area contributed by atoms with Crippen molar-refractivity contribution in [3.8, 4) is 5.69 Å². The zero-order chi connectivity index (χ0) is 29.9. The number of hydrogen-bond acceptors (Lipinski definition) is 6. The predicted octanol–water partition coefficient (Wildman–Crippen LogP) is 4.55. The average Bonchev–Trinajstić information content (AvgIpc) is 3.63. The molecule has 9 nitrogen and oxygen atoms in total. The molecular formula is C28H24F4N6O3S. The number of piperidine rings is 1. The molecule has 0 spiro atoms. The second kappa shape index (κ2) is 9.98. The number of fused-ring (bicyclic) bond motifs is 2. The number of hydrogen-bond donors (Lipinski definition) is 0. The number of pyridine rings is 1. The SMILES string of the molecule is CCn1cnc(S(=O)(=O)N2CCC3=Cc4c(cnn4-c4ccc(F)cc4)C[C@]3(C(=O)c3cc(C(F)(F)F)ccn3)C2)c1. The van der Waals surface area contributed by atoms with E-state index in [9.17, 15) is 30.8 Å². The van der Waals surface area contributed by atoms with Crippen LogP contribution in [-0.2, 0) is 29.2 Å². The standard InChI is InChI=1S/C28H24F4N6O3S/c1-2-36-15-25(34-17-36)42(40,41)37-10-8-19-12-24-18(14-35-38(24)22-5-3-21(29)4-6-22)13-27(19,16-37)26(39)23-11-20(7-9-33-23)28(30,31)32/h3-7,9,11-12,14-15,17H,2,8,10,13,16H2,1H3/t27-/m0/s1. The molecule has 3 aromatic heterocycles. The van der Waals surface area contributed by atoms with Gasteiger partial charge in [0.25, 0.3) is 10.0 Å². The first kappa shape index (κ1) is 28.0. The fourth-order valence-electron chi connectivity index (χ4n) is 5.56. The topological polar surface area (TPSA) is 103 Å². The molecule has 1 aliphatic heterocycles. The zero-order valence-corrected chi connectivity index (χ0v) is 23.0. The molecule has 0 amide bonds. The van der Waals surface area contributed by atoms with Crippen LogP contribution >= 0.6 is 0 Å². The smallest absolute Gasteiger partial charge is 0.336 e. The molecule has 4 aromatic rings. The first-order chi connectivity index (χ1) is 19.9. The van der Waals surface area contributed by atoms with Crippen LogP contribution in [0, 0.1) is 11.2 Å². The summed E-state index contributed by atoms with van der Waals surface area (Å²) < 4.78 is 85.8. The summed E-state index contributed by atoms with van der Waals surface area (Å²) >= 11 is 0. The van der Waals surface area contributed by atoms with Gasteiger partial charge in [-0.25, -0.2) is 22.5 Å². The number of Topliss-reactive ketones (excluding diaryl/α,β-unsaturated/α-hetero) is 1. The Bertz CT molecular complexity index is 1830. The molecule has 0 N–H and O–H groups in total. The van der Waals surface area contributed by atoms with Gasteiger partial charge in [-0.15, -0.1) is 0 Å². The van der Waals surface area contributed by atoms with Crippen LogP contribution in [0.15, 0.2) is 71.9 Å². The summed E-state index contributed by atoms with van der Waals surface area (Å²) in [7, 11) is -4.14. The van der Waals surface area contributed by atoms with Crippen LogP contribution in [0.1, 0.15) is 40.7 Å². The summed E-state index contributed by atoms with van der Waals surface area (Å²) in [5.41, 5.74) is -0.672. The van der Waals surface area contributed by atoms with E-state index >= 15 is 0 Å². The maximum atomic E-state index is 14.2. The van der Waals surface area contributed by atoms with Gasteiger partial charge in [0.15, 0.2) is 10.8 Å². The van der Waals surface area contributed by atoms with Gasteiger partial charge in [0.1, 0.15) is 11.5 Å². The Morgan fingerprint density at radius 1 is 1.12 bits per heavy atom. The van der Waals surface area contributed by atoms with Crippen molar-refractivity contribution in [2.45, 2.75) is 37.5 Å². The fourth-order valence-corrected chi connectivity index (χ4v) is 7.00. The lowest BCUT2D eigenvalue weighted by Crippen LogP contribution is -2.53. The van der Waals surface area contributed by atoms with Gasteiger partial charge in [-0.3, -0.25) is 9.78 Å². The number of imidazole rings is 1. The van der Waals surface area contributed by atoms with Crippen LogP contribution < -0.4 is 0 Å². The third-order valence-electron chi connectivity index (χ3n) is 7.79. The van der Waals surface area contributed by atoms with Crippen LogP contribution in [0.3, 0.4) is 0 Å². The van der Waals surface area contributed by atoms with Gasteiger partial charge in [-0.1, -0.05) is 5.57 Å². The number of ketones is 1. The molecule has 0 radical (unpaired) electrons. The molecule has 0 bridgehead atoms. The van der Waals surface area contributed by atoms with Gasteiger partial charge in [0.05, 0.1) is 34.9 Å². The third kappa shape index (κ3) is 4.64. The molecule has 1 saturated heterocycles. The monoisotopic (exact) mass is 600 g/mol. The number of aromatic nitrogens is 5. The number of carbonyl (C=O) groups excluding carboxylic acids is 1. The summed E-state index contributed by atoms with van der Waals surface area (Å²) in [6, 6.07) is 7.14. The lowest BCUT2D eigenvalue weighted by molar-refractivity contribution is -0.137. The molecule has 218 valence electrons. The van der Waals surface area contributed by atoms with E-state index in [0.29, 0.717) is 35.1 Å². The first-order valence-corrected chi connectivity index (χ1v) is 14.5. The fraction of sp³-hybridized carbons (Fsp3) is 0.286. The van der Waals surface area contributed by atoms with E-state index in [1.807, 2.05) is 6.92 Å². The number of rotatable bonds is 6. The summed E-state index contributed by atoms with van der Waals surface area (Å²) in [6.07, 6.45) is 2.37. The number of benzene rings is 1. The van der Waals surface area contributed by atoms with Crippen molar-refractivity contribution < 1.29 is 30.8 Å². The summed E-state index contributed by atoms with van der Waals surface area (Å²) in [5, 5.41) is 4.24. The van der Waals surface area contributed by atoms with E-state index in [4.69, 9.17) is 0 Å². The molecule has 1 aliphatic carbocycles. The zero-order valence-electron chi connectivity index (χ0n) is 22.2. The minimum Gasteiger partial charge on any atom is -0.336 e. The van der Waals surface area contributed by atoms with Gasteiger partial charge in [-0.05, 0) is 67.8 Å². The van der Waals surface area contributed by atoms with Crippen LogP contribution in [0.5, 0.6) is 0 Å². The molecule has 6 rings (SSSR count). The number of alkyl halides is 3. The highest BCUT2D eigenvalue weighted by molar-refractivity contribution is 7.89. The molecule has 42 heavy (non-hydrogen) atoms. The predicted molar refractivity (Wildman–Crippen MR) is 142 cm³/mol. The minimum absolute atomic E-state index is 0.0260. The largest absolute Gasteiger partial charge is 0.416 e. The summed E-state index contributed by atoms with van der Waals surface area (Å²) in [5.74, 6) is -1.15. The van der Waals surface area contributed by atoms with E-state index < -0.39 is 44.5 Å². The highest BCUT2D eigenvalue weighted by Crippen LogP contribution is 2.47. The van der Waals surface area contributed by atoms with Crippen molar-refractivity contribution in [3.05, 3.63) is 95.2 Å². The Morgan fingerprint density at radius 3 is 2.57 bits per heavy atom. The van der Waals surface area contributed by atoms with Crippen LogP contribution in [0.4, 0.5) is 17.6 Å². The third-order valence-corrected chi connectivity index (χ3v) is 9.52. The molecule has 14 heteroatoms. The van der Waals surface area contributed by atoms with Crippen LogP contribution in [-0.4, -0.2) is 55.9 Å². The van der Waals surface area contributed by atoms with Crippen molar-refractivity contribution in [1.29, 1.82) is 0 Å². The Kier molecular flexibility index (Phi) is 6.65. The van der Waals surface area contributed by atoms with Crippen molar-refractivity contribution in [2.24, 2.45) is 5.41 Å². The Balaban J connectivity index is 1.46. The molecular weight excluding hydrogens is 576 g/mol. The van der Waals surface area contributed by atoms with Crippen molar-refractivity contribution in [2.75, 3.05) is 13.1 Å². The van der Waals surface area contributed by atoms with E-state index in [2.05, 4.69) is 15.1 Å². The molecule has 1 aromatic carbocycles. The second-order valence-corrected chi connectivity index (χ2v) is 12.1. The molecule has 4 heterocycles. The van der Waals surface area contributed by atoms with Crippen molar-refractivity contribution in [1.82, 2.24) is 28.6 Å². The highest BCUT2D eigenvalue weighted by atomic mass is 32.2.